The Kier molecular flexibility index (Phi) is 3.35. The van der Waals surface area contributed by atoms with Crippen molar-refractivity contribution in [3.63, 3.8) is 0 Å². The fourth-order valence-electron chi connectivity index (χ4n) is 2.97. The van der Waals surface area contributed by atoms with Crippen molar-refractivity contribution < 1.29 is 8.81 Å². The van der Waals surface area contributed by atoms with Crippen LogP contribution in [0.3, 0.4) is 0 Å². The van der Waals surface area contributed by atoms with Crippen LogP contribution in [0, 0.1) is 12.7 Å². The molecule has 1 heterocycles. The summed E-state index contributed by atoms with van der Waals surface area (Å²) in [4.78, 5) is 0. The van der Waals surface area contributed by atoms with Gasteiger partial charge in [-0.05, 0) is 66.4 Å². The van der Waals surface area contributed by atoms with Crippen LogP contribution in [0.2, 0.25) is 5.02 Å². The third kappa shape index (κ3) is 2.49. The number of furan rings is 1. The van der Waals surface area contributed by atoms with E-state index in [0.717, 1.165) is 33.1 Å². The minimum absolute atomic E-state index is 0.163. The first-order valence-corrected chi connectivity index (χ1v) is 7.84. The molecule has 3 aromatic carbocycles. The number of fused-ring (bicyclic) bond motifs is 3. The summed E-state index contributed by atoms with van der Waals surface area (Å²) in [7, 11) is 0. The topological polar surface area (TPSA) is 13.1 Å². The minimum atomic E-state index is -0.163. The summed E-state index contributed by atoms with van der Waals surface area (Å²) >= 11 is 6.10. The van der Waals surface area contributed by atoms with E-state index in [-0.39, 0.29) is 5.82 Å². The highest BCUT2D eigenvalue weighted by molar-refractivity contribution is 6.31. The molecule has 0 radical (unpaired) electrons. The van der Waals surface area contributed by atoms with Gasteiger partial charge in [0.2, 0.25) is 0 Å². The van der Waals surface area contributed by atoms with E-state index in [2.05, 4.69) is 6.07 Å². The Morgan fingerprint density at radius 2 is 1.70 bits per heavy atom. The van der Waals surface area contributed by atoms with Crippen LogP contribution < -0.4 is 0 Å². The second kappa shape index (κ2) is 5.39. The van der Waals surface area contributed by atoms with E-state index < -0.39 is 0 Å². The van der Waals surface area contributed by atoms with Gasteiger partial charge in [0.25, 0.3) is 0 Å². The Bertz CT molecular complexity index is 1030. The van der Waals surface area contributed by atoms with Crippen LogP contribution in [-0.4, -0.2) is 0 Å². The molecule has 23 heavy (non-hydrogen) atoms. The van der Waals surface area contributed by atoms with Crippen LogP contribution >= 0.6 is 11.6 Å². The molecule has 0 amide bonds. The van der Waals surface area contributed by atoms with Gasteiger partial charge in [-0.2, -0.15) is 0 Å². The molecule has 0 bridgehead atoms. The maximum absolute atomic E-state index is 13.7. The van der Waals surface area contributed by atoms with Crippen molar-refractivity contribution in [2.45, 2.75) is 13.3 Å². The number of halogens is 2. The monoisotopic (exact) mass is 324 g/mol. The predicted molar refractivity (Wildman–Crippen MR) is 92.7 cm³/mol. The Morgan fingerprint density at radius 1 is 0.957 bits per heavy atom. The van der Waals surface area contributed by atoms with Crippen molar-refractivity contribution >= 4 is 33.5 Å². The summed E-state index contributed by atoms with van der Waals surface area (Å²) in [6, 6.07) is 16.9. The number of rotatable bonds is 2. The van der Waals surface area contributed by atoms with Crippen molar-refractivity contribution in [3.05, 3.63) is 82.1 Å². The normalized spacial score (nSPS) is 11.4. The van der Waals surface area contributed by atoms with Crippen LogP contribution in [0.25, 0.3) is 21.9 Å². The average molecular weight is 325 g/mol. The van der Waals surface area contributed by atoms with Gasteiger partial charge in [-0.15, -0.1) is 0 Å². The molecular formula is C20H14ClFO. The van der Waals surface area contributed by atoms with Gasteiger partial charge in [-0.3, -0.25) is 0 Å². The smallest absolute Gasteiger partial charge is 0.135 e. The highest BCUT2D eigenvalue weighted by Gasteiger charge is 2.10. The minimum Gasteiger partial charge on any atom is -0.456 e. The molecule has 4 aromatic rings. The summed E-state index contributed by atoms with van der Waals surface area (Å²) in [5.74, 6) is -0.163. The molecule has 0 atom stereocenters. The Morgan fingerprint density at radius 3 is 2.52 bits per heavy atom. The van der Waals surface area contributed by atoms with Gasteiger partial charge in [-0.25, -0.2) is 4.39 Å². The van der Waals surface area contributed by atoms with E-state index in [0.29, 0.717) is 17.0 Å². The van der Waals surface area contributed by atoms with Gasteiger partial charge >= 0.3 is 0 Å². The number of benzene rings is 3. The highest BCUT2D eigenvalue weighted by atomic mass is 35.5. The lowest BCUT2D eigenvalue weighted by Gasteiger charge is -2.07. The molecule has 4 rings (SSSR count). The van der Waals surface area contributed by atoms with Gasteiger partial charge in [0.1, 0.15) is 17.0 Å². The van der Waals surface area contributed by atoms with Crippen LogP contribution in [0.4, 0.5) is 4.39 Å². The highest BCUT2D eigenvalue weighted by Crippen LogP contribution is 2.32. The summed E-state index contributed by atoms with van der Waals surface area (Å²) in [5.41, 5.74) is 4.47. The summed E-state index contributed by atoms with van der Waals surface area (Å²) < 4.78 is 19.5. The van der Waals surface area contributed by atoms with Crippen LogP contribution in [-0.2, 0) is 6.42 Å². The first kappa shape index (κ1) is 14.3. The molecule has 0 aliphatic heterocycles. The molecule has 0 saturated carbocycles. The molecule has 114 valence electrons. The first-order chi connectivity index (χ1) is 11.1. The van der Waals surface area contributed by atoms with Crippen LogP contribution in [0.15, 0.2) is 59.0 Å². The van der Waals surface area contributed by atoms with Crippen molar-refractivity contribution in [3.8, 4) is 0 Å². The second-order valence-corrected chi connectivity index (χ2v) is 6.21. The van der Waals surface area contributed by atoms with E-state index in [1.807, 2.05) is 43.3 Å². The van der Waals surface area contributed by atoms with Crippen LogP contribution in [0.1, 0.15) is 16.7 Å². The molecule has 0 N–H and O–H groups in total. The fourth-order valence-corrected chi connectivity index (χ4v) is 3.14. The van der Waals surface area contributed by atoms with E-state index >= 15 is 0 Å². The second-order valence-electron chi connectivity index (χ2n) is 5.77. The van der Waals surface area contributed by atoms with Crippen molar-refractivity contribution in [2.75, 3.05) is 0 Å². The summed E-state index contributed by atoms with van der Waals surface area (Å²) in [6.45, 7) is 1.82. The number of hydrogen-bond acceptors (Lipinski definition) is 1. The fraction of sp³-hybridized carbons (Fsp3) is 0.100. The van der Waals surface area contributed by atoms with Crippen LogP contribution in [0.5, 0.6) is 0 Å². The molecule has 0 fully saturated rings. The molecule has 0 aliphatic rings. The molecular weight excluding hydrogens is 311 g/mol. The zero-order chi connectivity index (χ0) is 16.0. The van der Waals surface area contributed by atoms with Gasteiger partial charge < -0.3 is 4.42 Å². The first-order valence-electron chi connectivity index (χ1n) is 7.46. The van der Waals surface area contributed by atoms with E-state index in [4.69, 9.17) is 16.0 Å². The molecule has 0 aliphatic carbocycles. The Labute approximate surface area is 138 Å². The SMILES string of the molecule is Cc1c(F)cccc1Cc1ccc2oc3ccc(Cl)cc3c2c1. The van der Waals surface area contributed by atoms with E-state index in [9.17, 15) is 4.39 Å². The predicted octanol–water partition coefficient (Wildman–Crippen LogP) is 6.28. The summed E-state index contributed by atoms with van der Waals surface area (Å²) in [5, 5.41) is 2.73. The molecule has 1 aromatic heterocycles. The lowest BCUT2D eigenvalue weighted by atomic mass is 9.99. The Balaban J connectivity index is 1.83. The molecule has 0 saturated heterocycles. The van der Waals surface area contributed by atoms with Crippen molar-refractivity contribution in [1.82, 2.24) is 0 Å². The van der Waals surface area contributed by atoms with E-state index in [1.54, 1.807) is 6.07 Å². The van der Waals surface area contributed by atoms with Gasteiger partial charge in [-0.1, -0.05) is 29.8 Å². The summed E-state index contributed by atoms with van der Waals surface area (Å²) in [6.07, 6.45) is 0.687. The zero-order valence-electron chi connectivity index (χ0n) is 12.6. The standard InChI is InChI=1S/C20H14ClFO/c1-12-14(3-2-4-18(12)22)9-13-5-7-19-16(10-13)17-11-15(21)6-8-20(17)23-19/h2-8,10-11H,9H2,1H3. The third-order valence-corrected chi connectivity index (χ3v) is 4.51. The van der Waals surface area contributed by atoms with Gasteiger partial charge in [0, 0.05) is 15.8 Å². The quantitative estimate of drug-likeness (QED) is 0.423. The van der Waals surface area contributed by atoms with Crippen molar-refractivity contribution in [1.29, 1.82) is 0 Å². The lowest BCUT2D eigenvalue weighted by Crippen LogP contribution is -1.94. The number of hydrogen-bond donors (Lipinski definition) is 0. The molecule has 0 unspecified atom stereocenters. The third-order valence-electron chi connectivity index (χ3n) is 4.27. The van der Waals surface area contributed by atoms with Gasteiger partial charge in [0.15, 0.2) is 0 Å². The largest absolute Gasteiger partial charge is 0.456 e. The Hall–Kier alpha value is -2.32. The van der Waals surface area contributed by atoms with E-state index in [1.165, 1.54) is 6.07 Å². The molecule has 3 heteroatoms. The van der Waals surface area contributed by atoms with Crippen molar-refractivity contribution in [2.24, 2.45) is 0 Å². The maximum Gasteiger partial charge on any atom is 0.135 e. The molecule has 0 spiro atoms. The zero-order valence-corrected chi connectivity index (χ0v) is 13.3. The average Bonchev–Trinajstić information content (AvgIpc) is 2.89. The van der Waals surface area contributed by atoms with Gasteiger partial charge in [0.05, 0.1) is 0 Å². The maximum atomic E-state index is 13.7. The lowest BCUT2D eigenvalue weighted by molar-refractivity contribution is 0.616. The molecule has 1 nitrogen and oxygen atoms in total.